The van der Waals surface area contributed by atoms with Crippen LogP contribution in [0.4, 0.5) is 0 Å². The lowest BCUT2D eigenvalue weighted by Crippen LogP contribution is -2.04. The van der Waals surface area contributed by atoms with Crippen molar-refractivity contribution in [3.8, 4) is 11.5 Å². The molecule has 0 unspecified atom stereocenters. The lowest BCUT2D eigenvalue weighted by atomic mass is 10.00. The molecule has 0 spiro atoms. The standard InChI is InChI=1S/C13H18O4/c1-3-4-5-6-9-7-10(17-2)8-11(14)12(9)13(15)16/h7-8,14H,3-6H2,1-2H3,(H,15,16). The van der Waals surface area contributed by atoms with E-state index in [1.54, 1.807) is 6.07 Å². The van der Waals surface area contributed by atoms with Crippen LogP contribution in [0.3, 0.4) is 0 Å². The molecule has 1 aromatic carbocycles. The van der Waals surface area contributed by atoms with Gasteiger partial charge in [-0.25, -0.2) is 4.79 Å². The van der Waals surface area contributed by atoms with Crippen molar-refractivity contribution in [3.05, 3.63) is 23.3 Å². The van der Waals surface area contributed by atoms with Crippen LogP contribution in [0.2, 0.25) is 0 Å². The molecule has 2 N–H and O–H groups in total. The maximum Gasteiger partial charge on any atom is 0.339 e. The number of aryl methyl sites for hydroxylation is 1. The Bertz CT molecular complexity index is 399. The molecule has 0 saturated carbocycles. The molecule has 0 heterocycles. The SMILES string of the molecule is CCCCCc1cc(OC)cc(O)c1C(=O)O. The van der Waals surface area contributed by atoms with Gasteiger partial charge < -0.3 is 14.9 Å². The summed E-state index contributed by atoms with van der Waals surface area (Å²) in [5, 5.41) is 18.7. The normalized spacial score (nSPS) is 10.2. The van der Waals surface area contributed by atoms with E-state index in [0.717, 1.165) is 19.3 Å². The predicted molar refractivity (Wildman–Crippen MR) is 64.8 cm³/mol. The number of ether oxygens (including phenoxy) is 1. The first-order valence-corrected chi connectivity index (χ1v) is 5.73. The van der Waals surface area contributed by atoms with Gasteiger partial charge in [0, 0.05) is 6.07 Å². The summed E-state index contributed by atoms with van der Waals surface area (Å²) < 4.78 is 5.02. The molecule has 4 heteroatoms. The molecule has 1 rings (SSSR count). The second-order valence-corrected chi connectivity index (χ2v) is 3.94. The van der Waals surface area contributed by atoms with Gasteiger partial charge in [0.05, 0.1) is 7.11 Å². The van der Waals surface area contributed by atoms with Crippen LogP contribution in [0, 0.1) is 0 Å². The molecule has 0 bridgehead atoms. The average Bonchev–Trinajstić information content (AvgIpc) is 2.28. The van der Waals surface area contributed by atoms with Gasteiger partial charge in [-0.2, -0.15) is 0 Å². The van der Waals surface area contributed by atoms with Gasteiger partial charge in [-0.1, -0.05) is 19.8 Å². The van der Waals surface area contributed by atoms with Crippen molar-refractivity contribution in [3.63, 3.8) is 0 Å². The van der Waals surface area contributed by atoms with E-state index in [9.17, 15) is 9.90 Å². The molecule has 0 aromatic heterocycles. The minimum atomic E-state index is -1.10. The monoisotopic (exact) mass is 238 g/mol. The van der Waals surface area contributed by atoms with Crippen LogP contribution in [0.15, 0.2) is 12.1 Å². The fourth-order valence-corrected chi connectivity index (χ4v) is 1.78. The van der Waals surface area contributed by atoms with E-state index < -0.39 is 5.97 Å². The third kappa shape index (κ3) is 3.37. The lowest BCUT2D eigenvalue weighted by Gasteiger charge is -2.10. The van der Waals surface area contributed by atoms with E-state index in [1.807, 2.05) is 0 Å². The number of carboxylic acid groups (broad SMARTS) is 1. The van der Waals surface area contributed by atoms with Crippen LogP contribution in [-0.4, -0.2) is 23.3 Å². The maximum absolute atomic E-state index is 11.1. The fourth-order valence-electron chi connectivity index (χ4n) is 1.78. The van der Waals surface area contributed by atoms with Gasteiger partial charge in [-0.05, 0) is 24.5 Å². The van der Waals surface area contributed by atoms with Gasteiger partial charge in [-0.15, -0.1) is 0 Å². The topological polar surface area (TPSA) is 66.8 Å². The second kappa shape index (κ2) is 6.13. The number of hydrogen-bond donors (Lipinski definition) is 2. The average molecular weight is 238 g/mol. The molecule has 17 heavy (non-hydrogen) atoms. The Hall–Kier alpha value is -1.71. The number of hydrogen-bond acceptors (Lipinski definition) is 3. The smallest absolute Gasteiger partial charge is 0.339 e. The van der Waals surface area contributed by atoms with Crippen molar-refractivity contribution >= 4 is 5.97 Å². The number of carboxylic acids is 1. The lowest BCUT2D eigenvalue weighted by molar-refractivity contribution is 0.0692. The quantitative estimate of drug-likeness (QED) is 0.748. The van der Waals surface area contributed by atoms with Crippen LogP contribution >= 0.6 is 0 Å². The van der Waals surface area contributed by atoms with E-state index >= 15 is 0 Å². The van der Waals surface area contributed by atoms with E-state index in [4.69, 9.17) is 9.84 Å². The number of benzene rings is 1. The number of phenols is 1. The molecule has 0 radical (unpaired) electrons. The zero-order valence-electron chi connectivity index (χ0n) is 10.2. The Labute approximate surface area is 101 Å². The highest BCUT2D eigenvalue weighted by Crippen LogP contribution is 2.29. The Morgan fingerprint density at radius 1 is 1.35 bits per heavy atom. The molecule has 0 atom stereocenters. The molecule has 4 nitrogen and oxygen atoms in total. The number of rotatable bonds is 6. The summed E-state index contributed by atoms with van der Waals surface area (Å²) in [6.07, 6.45) is 3.65. The predicted octanol–water partition coefficient (Wildman–Crippen LogP) is 2.83. The van der Waals surface area contributed by atoms with Gasteiger partial charge in [0.1, 0.15) is 17.1 Å². The van der Waals surface area contributed by atoms with Gasteiger partial charge >= 0.3 is 5.97 Å². The van der Waals surface area contributed by atoms with E-state index in [-0.39, 0.29) is 11.3 Å². The van der Waals surface area contributed by atoms with Crippen LogP contribution in [-0.2, 0) is 6.42 Å². The molecule has 0 aliphatic heterocycles. The molecular formula is C13H18O4. The number of methoxy groups -OCH3 is 1. The summed E-state index contributed by atoms with van der Waals surface area (Å²) in [5.74, 6) is -0.848. The summed E-state index contributed by atoms with van der Waals surface area (Å²) in [7, 11) is 1.49. The van der Waals surface area contributed by atoms with E-state index in [1.165, 1.54) is 13.2 Å². The van der Waals surface area contributed by atoms with Gasteiger partial charge in [0.15, 0.2) is 0 Å². The van der Waals surface area contributed by atoms with E-state index in [2.05, 4.69) is 6.92 Å². The van der Waals surface area contributed by atoms with Crippen molar-refractivity contribution in [1.82, 2.24) is 0 Å². The maximum atomic E-state index is 11.1. The van der Waals surface area contributed by atoms with Crippen molar-refractivity contribution < 1.29 is 19.7 Å². The van der Waals surface area contributed by atoms with Crippen LogP contribution in [0.5, 0.6) is 11.5 Å². The summed E-state index contributed by atoms with van der Waals surface area (Å²) >= 11 is 0. The summed E-state index contributed by atoms with van der Waals surface area (Å²) in [6.45, 7) is 2.08. The zero-order valence-corrected chi connectivity index (χ0v) is 10.2. The van der Waals surface area contributed by atoms with Crippen molar-refractivity contribution in [1.29, 1.82) is 0 Å². The van der Waals surface area contributed by atoms with Crippen LogP contribution in [0.25, 0.3) is 0 Å². The Morgan fingerprint density at radius 3 is 2.59 bits per heavy atom. The molecule has 0 aliphatic carbocycles. The van der Waals surface area contributed by atoms with E-state index in [0.29, 0.717) is 17.7 Å². The number of aromatic carboxylic acids is 1. The second-order valence-electron chi connectivity index (χ2n) is 3.94. The minimum absolute atomic E-state index is 0.0121. The van der Waals surface area contributed by atoms with Crippen molar-refractivity contribution in [2.45, 2.75) is 32.6 Å². The van der Waals surface area contributed by atoms with Gasteiger partial charge in [-0.3, -0.25) is 0 Å². The Balaban J connectivity index is 3.04. The molecule has 1 aromatic rings. The first kappa shape index (κ1) is 13.4. The molecule has 0 fully saturated rings. The van der Waals surface area contributed by atoms with Crippen LogP contribution in [0.1, 0.15) is 42.1 Å². The highest BCUT2D eigenvalue weighted by atomic mass is 16.5. The number of carbonyl (C=O) groups is 1. The third-order valence-electron chi connectivity index (χ3n) is 2.67. The van der Waals surface area contributed by atoms with Crippen molar-refractivity contribution in [2.75, 3.05) is 7.11 Å². The first-order chi connectivity index (χ1) is 8.10. The van der Waals surface area contributed by atoms with Crippen LogP contribution < -0.4 is 4.74 Å². The molecule has 0 aliphatic rings. The first-order valence-electron chi connectivity index (χ1n) is 5.73. The zero-order chi connectivity index (χ0) is 12.8. The van der Waals surface area contributed by atoms with Gasteiger partial charge in [0.2, 0.25) is 0 Å². The Kier molecular flexibility index (Phi) is 4.82. The van der Waals surface area contributed by atoms with Crippen molar-refractivity contribution in [2.24, 2.45) is 0 Å². The fraction of sp³-hybridized carbons (Fsp3) is 0.462. The number of aromatic hydroxyl groups is 1. The Morgan fingerprint density at radius 2 is 2.06 bits per heavy atom. The molecular weight excluding hydrogens is 220 g/mol. The largest absolute Gasteiger partial charge is 0.507 e. The summed E-state index contributed by atoms with van der Waals surface area (Å²) in [6, 6.07) is 3.01. The highest BCUT2D eigenvalue weighted by molar-refractivity contribution is 5.92. The summed E-state index contributed by atoms with van der Waals surface area (Å²) in [4.78, 5) is 11.1. The summed E-state index contributed by atoms with van der Waals surface area (Å²) in [5.41, 5.74) is 0.615. The number of unbranched alkanes of at least 4 members (excludes halogenated alkanes) is 2. The molecule has 0 saturated heterocycles. The minimum Gasteiger partial charge on any atom is -0.507 e. The molecule has 94 valence electrons. The highest BCUT2D eigenvalue weighted by Gasteiger charge is 2.16. The third-order valence-corrected chi connectivity index (χ3v) is 2.67. The molecule has 0 amide bonds. The van der Waals surface area contributed by atoms with Gasteiger partial charge in [0.25, 0.3) is 0 Å².